The summed E-state index contributed by atoms with van der Waals surface area (Å²) in [5, 5.41) is 0. The molecule has 0 saturated carbocycles. The second-order valence-corrected chi connectivity index (χ2v) is 5.92. The number of allylic oxidation sites excluding steroid dienone is 6. The largest absolute Gasteiger partial charge is 0.127 e. The van der Waals surface area contributed by atoms with Gasteiger partial charge in [0.25, 0.3) is 0 Å². The predicted octanol–water partition coefficient (Wildman–Crippen LogP) is 7.06. The van der Waals surface area contributed by atoms with E-state index in [1.807, 2.05) is 0 Å². The Kier molecular flexibility index (Phi) is 16.2. The number of hydrogen-bond donors (Lipinski definition) is 0. The first-order valence-electron chi connectivity index (χ1n) is 8.32. The highest BCUT2D eigenvalue weighted by molar-refractivity contribution is 6.17. The van der Waals surface area contributed by atoms with Crippen LogP contribution >= 0.6 is 11.6 Å². The van der Waals surface area contributed by atoms with Crippen molar-refractivity contribution in [3.63, 3.8) is 0 Å². The van der Waals surface area contributed by atoms with Gasteiger partial charge in [-0.3, -0.25) is 0 Å². The van der Waals surface area contributed by atoms with Gasteiger partial charge in [-0.2, -0.15) is 0 Å². The van der Waals surface area contributed by atoms with Gasteiger partial charge in [0.2, 0.25) is 0 Å². The van der Waals surface area contributed by atoms with Gasteiger partial charge in [0, 0.05) is 5.88 Å². The maximum Gasteiger partial charge on any atom is 0.0225 e. The molecule has 0 bridgehead atoms. The number of halogens is 1. The van der Waals surface area contributed by atoms with E-state index in [0.29, 0.717) is 0 Å². The normalized spacial score (nSPS) is 13.9. The van der Waals surface area contributed by atoms with E-state index in [4.69, 9.17) is 11.6 Å². The zero-order chi connectivity index (χ0) is 14.9. The zero-order valence-electron chi connectivity index (χ0n) is 13.5. The Morgan fingerprint density at radius 1 is 0.800 bits per heavy atom. The fourth-order valence-corrected chi connectivity index (χ4v) is 2.37. The molecule has 1 heteroatoms. The summed E-state index contributed by atoms with van der Waals surface area (Å²) in [6.45, 7) is 4.53. The lowest BCUT2D eigenvalue weighted by molar-refractivity contribution is 0.524. The van der Waals surface area contributed by atoms with Crippen molar-refractivity contribution in [2.24, 2.45) is 5.92 Å². The van der Waals surface area contributed by atoms with Crippen molar-refractivity contribution in [2.45, 2.75) is 71.6 Å². The van der Waals surface area contributed by atoms with E-state index < -0.39 is 0 Å². The van der Waals surface area contributed by atoms with Crippen LogP contribution in [0, 0.1) is 5.92 Å². The summed E-state index contributed by atoms with van der Waals surface area (Å²) < 4.78 is 0. The van der Waals surface area contributed by atoms with Gasteiger partial charge in [0.05, 0.1) is 0 Å². The monoisotopic (exact) mass is 296 g/mol. The molecule has 0 aromatic heterocycles. The van der Waals surface area contributed by atoms with Crippen LogP contribution in [0.25, 0.3) is 0 Å². The third-order valence-electron chi connectivity index (χ3n) is 3.45. The van der Waals surface area contributed by atoms with Crippen LogP contribution < -0.4 is 0 Å². The van der Waals surface area contributed by atoms with E-state index in [-0.39, 0.29) is 0 Å². The molecule has 0 fully saturated rings. The number of unbranched alkanes of at least 4 members (excludes halogenated alkanes) is 3. The van der Waals surface area contributed by atoms with Crippen molar-refractivity contribution in [1.82, 2.24) is 0 Å². The Balaban J connectivity index is 3.38. The van der Waals surface area contributed by atoms with Crippen molar-refractivity contribution in [3.05, 3.63) is 36.5 Å². The highest BCUT2D eigenvalue weighted by Gasteiger charge is 1.97. The first kappa shape index (κ1) is 19.5. The fraction of sp³-hybridized carbons (Fsp3) is 0.684. The summed E-state index contributed by atoms with van der Waals surface area (Å²) in [6.07, 6.45) is 24.6. The average molecular weight is 297 g/mol. The maximum absolute atomic E-state index is 5.72. The molecule has 0 nitrogen and oxygen atoms in total. The molecule has 0 aromatic rings. The van der Waals surface area contributed by atoms with Crippen LogP contribution in [0.15, 0.2) is 36.5 Å². The molecule has 0 amide bonds. The van der Waals surface area contributed by atoms with Crippen LogP contribution in [0.5, 0.6) is 0 Å². The fourth-order valence-electron chi connectivity index (χ4n) is 2.00. The molecular formula is C19H33Cl. The Morgan fingerprint density at radius 2 is 1.40 bits per heavy atom. The minimum atomic E-state index is 0.755. The zero-order valence-corrected chi connectivity index (χ0v) is 14.2. The Hall–Kier alpha value is -0.490. The molecule has 0 saturated heterocycles. The standard InChI is InChI=1S/C19H33Cl/c1-3-4-5-6-7-8-9-10-11-12-13-14-15-16-19(2)17-18-20/h7-8,10-11,13-14,19H,3-6,9,12,15-18H2,1-2H3. The lowest BCUT2D eigenvalue weighted by atomic mass is 10.0. The van der Waals surface area contributed by atoms with Crippen molar-refractivity contribution in [1.29, 1.82) is 0 Å². The molecule has 0 aliphatic carbocycles. The third-order valence-corrected chi connectivity index (χ3v) is 3.66. The van der Waals surface area contributed by atoms with E-state index in [2.05, 4.69) is 50.3 Å². The molecule has 0 aromatic carbocycles. The van der Waals surface area contributed by atoms with E-state index in [0.717, 1.165) is 31.1 Å². The first-order chi connectivity index (χ1) is 9.81. The van der Waals surface area contributed by atoms with Gasteiger partial charge in [-0.15, -0.1) is 11.6 Å². The average Bonchev–Trinajstić information content (AvgIpc) is 2.44. The van der Waals surface area contributed by atoms with Gasteiger partial charge in [-0.25, -0.2) is 0 Å². The van der Waals surface area contributed by atoms with Crippen molar-refractivity contribution >= 4 is 11.6 Å². The topological polar surface area (TPSA) is 0 Å². The van der Waals surface area contributed by atoms with Gasteiger partial charge in [-0.05, 0) is 50.9 Å². The van der Waals surface area contributed by atoms with Gasteiger partial charge in [0.15, 0.2) is 0 Å². The molecule has 0 N–H and O–H groups in total. The van der Waals surface area contributed by atoms with Gasteiger partial charge in [-0.1, -0.05) is 63.1 Å². The lowest BCUT2D eigenvalue weighted by Crippen LogP contribution is -1.93. The minimum absolute atomic E-state index is 0.755. The molecule has 1 unspecified atom stereocenters. The number of rotatable bonds is 13. The lowest BCUT2D eigenvalue weighted by Gasteiger charge is -2.05. The summed E-state index contributed by atoms with van der Waals surface area (Å²) in [7, 11) is 0. The van der Waals surface area contributed by atoms with Crippen LogP contribution in [0.2, 0.25) is 0 Å². The molecule has 20 heavy (non-hydrogen) atoms. The van der Waals surface area contributed by atoms with Crippen LogP contribution in [-0.4, -0.2) is 5.88 Å². The second kappa shape index (κ2) is 16.6. The Morgan fingerprint density at radius 3 is 2.00 bits per heavy atom. The molecule has 0 heterocycles. The summed E-state index contributed by atoms with van der Waals surface area (Å²) in [5.74, 6) is 1.55. The Bertz CT molecular complexity index is 263. The molecule has 116 valence electrons. The highest BCUT2D eigenvalue weighted by atomic mass is 35.5. The van der Waals surface area contributed by atoms with Gasteiger partial charge >= 0.3 is 0 Å². The molecular weight excluding hydrogens is 264 g/mol. The number of alkyl halides is 1. The Labute approximate surface area is 132 Å². The molecule has 0 aliphatic rings. The van der Waals surface area contributed by atoms with Gasteiger partial charge < -0.3 is 0 Å². The van der Waals surface area contributed by atoms with E-state index in [1.165, 1.54) is 38.5 Å². The highest BCUT2D eigenvalue weighted by Crippen LogP contribution is 2.11. The molecule has 0 radical (unpaired) electrons. The number of hydrogen-bond acceptors (Lipinski definition) is 0. The summed E-state index contributed by atoms with van der Waals surface area (Å²) in [6, 6.07) is 0. The van der Waals surface area contributed by atoms with E-state index in [9.17, 15) is 0 Å². The smallest absolute Gasteiger partial charge is 0.0225 e. The minimum Gasteiger partial charge on any atom is -0.127 e. The predicted molar refractivity (Wildman–Crippen MR) is 94.5 cm³/mol. The summed E-state index contributed by atoms with van der Waals surface area (Å²) in [4.78, 5) is 0. The van der Waals surface area contributed by atoms with E-state index in [1.54, 1.807) is 0 Å². The van der Waals surface area contributed by atoms with Crippen LogP contribution in [-0.2, 0) is 0 Å². The van der Waals surface area contributed by atoms with Crippen LogP contribution in [0.1, 0.15) is 71.6 Å². The molecule has 0 aliphatic heterocycles. The van der Waals surface area contributed by atoms with Crippen molar-refractivity contribution in [2.75, 3.05) is 5.88 Å². The van der Waals surface area contributed by atoms with Crippen molar-refractivity contribution in [3.8, 4) is 0 Å². The molecule has 0 spiro atoms. The maximum atomic E-state index is 5.72. The summed E-state index contributed by atoms with van der Waals surface area (Å²) in [5.41, 5.74) is 0. The van der Waals surface area contributed by atoms with Crippen molar-refractivity contribution < 1.29 is 0 Å². The molecule has 0 rings (SSSR count). The first-order valence-corrected chi connectivity index (χ1v) is 8.85. The van der Waals surface area contributed by atoms with Crippen LogP contribution in [0.3, 0.4) is 0 Å². The van der Waals surface area contributed by atoms with Crippen LogP contribution in [0.4, 0.5) is 0 Å². The van der Waals surface area contributed by atoms with Gasteiger partial charge in [0.1, 0.15) is 0 Å². The molecule has 1 atom stereocenters. The van der Waals surface area contributed by atoms with E-state index >= 15 is 0 Å². The third kappa shape index (κ3) is 15.6. The summed E-state index contributed by atoms with van der Waals surface area (Å²) >= 11 is 5.72. The quantitative estimate of drug-likeness (QED) is 0.194. The SMILES string of the molecule is CCCCCC=CCC=CCC=CCCC(C)CCCl. The second-order valence-electron chi connectivity index (χ2n) is 5.54.